The van der Waals surface area contributed by atoms with E-state index in [4.69, 9.17) is 9.47 Å². The highest BCUT2D eigenvalue weighted by atomic mass is 16.5. The molecule has 0 saturated carbocycles. The number of anilines is 1. The first kappa shape index (κ1) is 22.8. The number of methoxy groups -OCH3 is 2. The van der Waals surface area contributed by atoms with Gasteiger partial charge in [0.1, 0.15) is 5.82 Å². The Hall–Kier alpha value is -4.33. The van der Waals surface area contributed by atoms with E-state index >= 15 is 0 Å². The standard InChI is InChI=1S/C26H26N4O4/c1-16-8-10-17(11-9-16)14-28-25(31)18-6-4-5-7-20(18)27-15-24-29-21-13-23(34-3)22(33-2)12-19(21)26(32)30-24/h4-13,27H,14-15H2,1-3H3,(H,28,31)(H,29,30,32). The molecule has 1 heterocycles. The monoisotopic (exact) mass is 458 g/mol. The zero-order chi connectivity index (χ0) is 24.1. The number of carbonyl (C=O) groups excluding carboxylic acids is 1. The third-order valence-electron chi connectivity index (χ3n) is 5.45. The quantitative estimate of drug-likeness (QED) is 0.371. The van der Waals surface area contributed by atoms with Crippen LogP contribution in [0, 0.1) is 6.92 Å². The number of benzene rings is 3. The highest BCUT2D eigenvalue weighted by molar-refractivity contribution is 5.99. The van der Waals surface area contributed by atoms with Crippen molar-refractivity contribution in [3.8, 4) is 11.5 Å². The SMILES string of the molecule is COc1cc2nc(CNc3ccccc3C(=O)NCc3ccc(C)cc3)[nH]c(=O)c2cc1OC. The van der Waals surface area contributed by atoms with Crippen molar-refractivity contribution in [1.82, 2.24) is 15.3 Å². The number of aromatic amines is 1. The summed E-state index contributed by atoms with van der Waals surface area (Å²) in [4.78, 5) is 32.8. The number of ether oxygens (including phenoxy) is 2. The number of nitrogens with zero attached hydrogens (tertiary/aromatic N) is 1. The summed E-state index contributed by atoms with van der Waals surface area (Å²) >= 11 is 0. The molecule has 8 heteroatoms. The fraction of sp³-hybridized carbons (Fsp3) is 0.192. The van der Waals surface area contributed by atoms with E-state index in [1.807, 2.05) is 49.4 Å². The molecule has 0 unspecified atom stereocenters. The van der Waals surface area contributed by atoms with Crippen LogP contribution in [0.4, 0.5) is 5.69 Å². The molecule has 1 aromatic heterocycles. The summed E-state index contributed by atoms with van der Waals surface area (Å²) in [6, 6.07) is 18.5. The highest BCUT2D eigenvalue weighted by Crippen LogP contribution is 2.30. The highest BCUT2D eigenvalue weighted by Gasteiger charge is 2.13. The largest absolute Gasteiger partial charge is 0.493 e. The van der Waals surface area contributed by atoms with Gasteiger partial charge in [-0.05, 0) is 30.7 Å². The second-order valence-electron chi connectivity index (χ2n) is 7.80. The summed E-state index contributed by atoms with van der Waals surface area (Å²) in [5, 5.41) is 6.56. The van der Waals surface area contributed by atoms with Crippen molar-refractivity contribution in [2.75, 3.05) is 19.5 Å². The van der Waals surface area contributed by atoms with Crippen LogP contribution >= 0.6 is 0 Å². The first-order valence-electron chi connectivity index (χ1n) is 10.8. The summed E-state index contributed by atoms with van der Waals surface area (Å²) in [6.45, 7) is 2.68. The normalized spacial score (nSPS) is 10.7. The van der Waals surface area contributed by atoms with Gasteiger partial charge in [-0.3, -0.25) is 9.59 Å². The van der Waals surface area contributed by atoms with Crippen LogP contribution in [-0.2, 0) is 13.1 Å². The number of hydrogen-bond donors (Lipinski definition) is 3. The van der Waals surface area contributed by atoms with Gasteiger partial charge in [-0.25, -0.2) is 4.98 Å². The van der Waals surface area contributed by atoms with Crippen LogP contribution in [0.15, 0.2) is 65.5 Å². The molecular weight excluding hydrogens is 432 g/mol. The van der Waals surface area contributed by atoms with Crippen molar-refractivity contribution < 1.29 is 14.3 Å². The molecule has 0 saturated heterocycles. The first-order chi connectivity index (χ1) is 16.5. The fourth-order valence-electron chi connectivity index (χ4n) is 3.60. The van der Waals surface area contributed by atoms with Crippen molar-refractivity contribution in [2.45, 2.75) is 20.0 Å². The van der Waals surface area contributed by atoms with Gasteiger partial charge in [0.15, 0.2) is 11.5 Å². The Bertz CT molecular complexity index is 1380. The number of fused-ring (bicyclic) bond motifs is 1. The average molecular weight is 459 g/mol. The molecule has 0 atom stereocenters. The molecule has 174 valence electrons. The van der Waals surface area contributed by atoms with Crippen LogP contribution in [0.3, 0.4) is 0 Å². The molecule has 0 spiro atoms. The molecule has 8 nitrogen and oxygen atoms in total. The Morgan fingerprint density at radius 2 is 1.68 bits per heavy atom. The van der Waals surface area contributed by atoms with E-state index < -0.39 is 0 Å². The maximum atomic E-state index is 12.8. The zero-order valence-corrected chi connectivity index (χ0v) is 19.3. The van der Waals surface area contributed by atoms with Gasteiger partial charge in [-0.1, -0.05) is 42.0 Å². The molecule has 1 amide bonds. The van der Waals surface area contributed by atoms with Crippen LogP contribution in [0.1, 0.15) is 27.3 Å². The van der Waals surface area contributed by atoms with E-state index in [-0.39, 0.29) is 18.0 Å². The zero-order valence-electron chi connectivity index (χ0n) is 19.3. The predicted molar refractivity (Wildman–Crippen MR) is 132 cm³/mol. The van der Waals surface area contributed by atoms with Crippen LogP contribution in [-0.4, -0.2) is 30.1 Å². The molecule has 0 aliphatic carbocycles. The van der Waals surface area contributed by atoms with Gasteiger partial charge in [0, 0.05) is 18.3 Å². The number of H-pyrrole nitrogens is 1. The molecule has 0 bridgehead atoms. The summed E-state index contributed by atoms with van der Waals surface area (Å²) < 4.78 is 10.6. The van der Waals surface area contributed by atoms with Crippen molar-refractivity contribution >= 4 is 22.5 Å². The maximum absolute atomic E-state index is 12.8. The van der Waals surface area contributed by atoms with Crippen molar-refractivity contribution in [2.24, 2.45) is 0 Å². The van der Waals surface area contributed by atoms with Gasteiger partial charge in [-0.2, -0.15) is 0 Å². The van der Waals surface area contributed by atoms with E-state index in [2.05, 4.69) is 20.6 Å². The van der Waals surface area contributed by atoms with Gasteiger partial charge in [0.25, 0.3) is 11.5 Å². The van der Waals surface area contributed by atoms with E-state index in [0.29, 0.717) is 46.0 Å². The lowest BCUT2D eigenvalue weighted by Crippen LogP contribution is -2.24. The Balaban J connectivity index is 1.51. The van der Waals surface area contributed by atoms with Crippen molar-refractivity contribution in [3.05, 3.63) is 93.5 Å². The number of amides is 1. The Kier molecular flexibility index (Phi) is 6.77. The Morgan fingerprint density at radius 3 is 2.41 bits per heavy atom. The van der Waals surface area contributed by atoms with Gasteiger partial charge in [0.05, 0.1) is 37.2 Å². The molecule has 0 radical (unpaired) electrons. The van der Waals surface area contributed by atoms with Gasteiger partial charge >= 0.3 is 0 Å². The van der Waals surface area contributed by atoms with Crippen LogP contribution in [0.5, 0.6) is 11.5 Å². The number of rotatable bonds is 8. The number of aromatic nitrogens is 2. The number of hydrogen-bond acceptors (Lipinski definition) is 6. The summed E-state index contributed by atoms with van der Waals surface area (Å²) in [6.07, 6.45) is 0. The van der Waals surface area contributed by atoms with Gasteiger partial charge in [-0.15, -0.1) is 0 Å². The van der Waals surface area contributed by atoms with E-state index in [9.17, 15) is 9.59 Å². The molecule has 0 fully saturated rings. The predicted octanol–water partition coefficient (Wildman–Crippen LogP) is 3.79. The Morgan fingerprint density at radius 1 is 0.971 bits per heavy atom. The minimum absolute atomic E-state index is 0.194. The lowest BCUT2D eigenvalue weighted by molar-refractivity contribution is 0.0951. The fourth-order valence-corrected chi connectivity index (χ4v) is 3.60. The third-order valence-corrected chi connectivity index (χ3v) is 5.45. The average Bonchev–Trinajstić information content (AvgIpc) is 2.86. The van der Waals surface area contributed by atoms with E-state index in [1.54, 1.807) is 18.2 Å². The number of aryl methyl sites for hydroxylation is 1. The Labute approximate surface area is 197 Å². The van der Waals surface area contributed by atoms with Crippen molar-refractivity contribution in [3.63, 3.8) is 0 Å². The van der Waals surface area contributed by atoms with E-state index in [1.165, 1.54) is 19.8 Å². The molecule has 4 rings (SSSR count). The second-order valence-corrected chi connectivity index (χ2v) is 7.80. The molecular formula is C26H26N4O4. The first-order valence-corrected chi connectivity index (χ1v) is 10.8. The van der Waals surface area contributed by atoms with Crippen molar-refractivity contribution in [1.29, 1.82) is 0 Å². The number of para-hydroxylation sites is 1. The molecule has 3 N–H and O–H groups in total. The lowest BCUT2D eigenvalue weighted by Gasteiger charge is -2.13. The van der Waals surface area contributed by atoms with Crippen LogP contribution < -0.4 is 25.7 Å². The molecule has 0 aliphatic rings. The lowest BCUT2D eigenvalue weighted by atomic mass is 10.1. The topological polar surface area (TPSA) is 105 Å². The summed E-state index contributed by atoms with van der Waals surface area (Å²) in [5.41, 5.74) is 3.54. The van der Waals surface area contributed by atoms with Gasteiger partial charge < -0.3 is 25.1 Å². The molecule has 4 aromatic rings. The third kappa shape index (κ3) is 5.01. The molecule has 34 heavy (non-hydrogen) atoms. The molecule has 0 aliphatic heterocycles. The van der Waals surface area contributed by atoms with Crippen LogP contribution in [0.25, 0.3) is 10.9 Å². The summed E-state index contributed by atoms with van der Waals surface area (Å²) in [5.74, 6) is 1.18. The smallest absolute Gasteiger partial charge is 0.258 e. The summed E-state index contributed by atoms with van der Waals surface area (Å²) in [7, 11) is 3.04. The van der Waals surface area contributed by atoms with Crippen LogP contribution in [0.2, 0.25) is 0 Å². The maximum Gasteiger partial charge on any atom is 0.258 e. The second kappa shape index (κ2) is 10.1. The molecule has 3 aromatic carbocycles. The minimum Gasteiger partial charge on any atom is -0.493 e. The van der Waals surface area contributed by atoms with E-state index in [0.717, 1.165) is 5.56 Å². The minimum atomic E-state index is -0.285. The van der Waals surface area contributed by atoms with Gasteiger partial charge in [0.2, 0.25) is 0 Å². The number of carbonyl (C=O) groups is 1. The number of nitrogens with one attached hydrogen (secondary N) is 3.